The average molecular weight is 226 g/mol. The second-order valence-corrected chi connectivity index (χ2v) is 5.62. The molecule has 0 bridgehead atoms. The van der Waals surface area contributed by atoms with Crippen LogP contribution in [0.5, 0.6) is 0 Å². The molecule has 0 spiro atoms. The highest BCUT2D eigenvalue weighted by Gasteiger charge is 2.26. The molecular weight excluding hydrogens is 196 g/mol. The maximum atomic E-state index is 3.67. The summed E-state index contributed by atoms with van der Waals surface area (Å²) in [6, 6.07) is 0.706. The first kappa shape index (κ1) is 14.0. The molecule has 2 heteroatoms. The van der Waals surface area contributed by atoms with E-state index in [0.717, 1.165) is 18.4 Å². The van der Waals surface area contributed by atoms with Gasteiger partial charge < -0.3 is 10.2 Å². The Labute approximate surface area is 102 Å². The van der Waals surface area contributed by atoms with E-state index in [1.54, 1.807) is 0 Å². The van der Waals surface area contributed by atoms with Gasteiger partial charge in [-0.1, -0.05) is 33.1 Å². The summed E-state index contributed by atoms with van der Waals surface area (Å²) in [5, 5.41) is 3.67. The summed E-state index contributed by atoms with van der Waals surface area (Å²) in [4.78, 5) is 2.32. The number of hydrogen-bond acceptors (Lipinski definition) is 2. The molecular formula is C14H30N2. The van der Waals surface area contributed by atoms with Crippen LogP contribution in [0.15, 0.2) is 0 Å². The molecule has 1 fully saturated rings. The lowest BCUT2D eigenvalue weighted by Crippen LogP contribution is -2.44. The number of likely N-dealkylation sites (N-methyl/N-ethyl adjacent to an activating group) is 2. The quantitative estimate of drug-likeness (QED) is 0.749. The molecule has 1 N–H and O–H groups in total. The van der Waals surface area contributed by atoms with E-state index in [1.807, 2.05) is 0 Å². The van der Waals surface area contributed by atoms with E-state index in [0.29, 0.717) is 6.04 Å². The summed E-state index contributed by atoms with van der Waals surface area (Å²) in [5.74, 6) is 1.92. The van der Waals surface area contributed by atoms with Gasteiger partial charge in [-0.2, -0.15) is 0 Å². The van der Waals surface area contributed by atoms with Gasteiger partial charge in [0.15, 0.2) is 0 Å². The lowest BCUT2D eigenvalue weighted by Gasteiger charge is -2.35. The molecule has 0 heterocycles. The Morgan fingerprint density at radius 3 is 2.19 bits per heavy atom. The van der Waals surface area contributed by atoms with E-state index in [9.17, 15) is 0 Å². The molecule has 0 radical (unpaired) electrons. The van der Waals surface area contributed by atoms with Gasteiger partial charge in [-0.15, -0.1) is 0 Å². The van der Waals surface area contributed by atoms with Crippen LogP contribution in [-0.4, -0.2) is 38.1 Å². The van der Waals surface area contributed by atoms with Crippen LogP contribution in [0.25, 0.3) is 0 Å². The highest BCUT2D eigenvalue weighted by atomic mass is 15.1. The van der Waals surface area contributed by atoms with Crippen molar-refractivity contribution in [2.24, 2.45) is 11.8 Å². The predicted octanol–water partition coefficient (Wildman–Crippen LogP) is 2.74. The van der Waals surface area contributed by atoms with E-state index < -0.39 is 0 Å². The van der Waals surface area contributed by atoms with Gasteiger partial charge in [0.2, 0.25) is 0 Å². The van der Waals surface area contributed by atoms with E-state index in [4.69, 9.17) is 0 Å². The third kappa shape index (κ3) is 4.42. The lowest BCUT2D eigenvalue weighted by molar-refractivity contribution is 0.191. The van der Waals surface area contributed by atoms with E-state index in [1.165, 1.54) is 38.6 Å². The van der Waals surface area contributed by atoms with Crippen molar-refractivity contribution in [1.29, 1.82) is 0 Å². The fourth-order valence-electron chi connectivity index (χ4n) is 3.03. The summed E-state index contributed by atoms with van der Waals surface area (Å²) in [6.45, 7) is 6.86. The van der Waals surface area contributed by atoms with Gasteiger partial charge in [-0.05, 0) is 45.3 Å². The van der Waals surface area contributed by atoms with Gasteiger partial charge in [-0.3, -0.25) is 0 Å². The van der Waals surface area contributed by atoms with Gasteiger partial charge in [0, 0.05) is 12.6 Å². The molecule has 0 aliphatic heterocycles. The summed E-state index contributed by atoms with van der Waals surface area (Å²) in [6.07, 6.45) is 7.16. The Morgan fingerprint density at radius 1 is 1.12 bits per heavy atom. The Kier molecular flexibility index (Phi) is 6.37. The average Bonchev–Trinajstić information content (AvgIpc) is 2.28. The molecule has 2 nitrogen and oxygen atoms in total. The first-order valence-electron chi connectivity index (χ1n) is 7.05. The molecule has 0 aromatic heterocycles. The van der Waals surface area contributed by atoms with Crippen LogP contribution in [0.4, 0.5) is 0 Å². The third-order valence-corrected chi connectivity index (χ3v) is 4.07. The minimum atomic E-state index is 0.706. The molecule has 1 aliphatic rings. The van der Waals surface area contributed by atoms with Crippen LogP contribution in [0.3, 0.4) is 0 Å². The van der Waals surface area contributed by atoms with Crippen LogP contribution >= 0.6 is 0 Å². The topological polar surface area (TPSA) is 15.3 Å². The van der Waals surface area contributed by atoms with Crippen LogP contribution in [0, 0.1) is 11.8 Å². The lowest BCUT2D eigenvalue weighted by atomic mass is 9.77. The molecule has 1 aliphatic carbocycles. The molecule has 96 valence electrons. The van der Waals surface area contributed by atoms with Gasteiger partial charge in [-0.25, -0.2) is 0 Å². The number of nitrogens with zero attached hydrogens (tertiary/aromatic N) is 1. The summed E-state index contributed by atoms with van der Waals surface area (Å²) in [7, 11) is 4.37. The molecule has 1 unspecified atom stereocenters. The van der Waals surface area contributed by atoms with Crippen molar-refractivity contribution in [3.8, 4) is 0 Å². The standard InChI is InChI=1S/C14H30N2/c1-5-12-7-9-13(10-8-12)14(15-6-2)11-16(3)4/h12-15H,5-11H2,1-4H3. The predicted molar refractivity (Wildman–Crippen MR) is 71.8 cm³/mol. The van der Waals surface area contributed by atoms with E-state index >= 15 is 0 Å². The molecule has 0 aromatic carbocycles. The van der Waals surface area contributed by atoms with Crippen LogP contribution in [0.1, 0.15) is 46.0 Å². The molecule has 1 atom stereocenters. The van der Waals surface area contributed by atoms with Crippen LogP contribution < -0.4 is 5.32 Å². The maximum absolute atomic E-state index is 3.67. The zero-order valence-electron chi connectivity index (χ0n) is 11.6. The third-order valence-electron chi connectivity index (χ3n) is 4.07. The monoisotopic (exact) mass is 226 g/mol. The fourth-order valence-corrected chi connectivity index (χ4v) is 3.03. The van der Waals surface area contributed by atoms with Crippen molar-refractivity contribution in [2.75, 3.05) is 27.2 Å². The van der Waals surface area contributed by atoms with Crippen LogP contribution in [-0.2, 0) is 0 Å². The van der Waals surface area contributed by atoms with Gasteiger partial charge in [0.05, 0.1) is 0 Å². The minimum Gasteiger partial charge on any atom is -0.313 e. The van der Waals surface area contributed by atoms with E-state index in [2.05, 4.69) is 38.2 Å². The van der Waals surface area contributed by atoms with Crippen molar-refractivity contribution < 1.29 is 0 Å². The zero-order valence-corrected chi connectivity index (χ0v) is 11.6. The maximum Gasteiger partial charge on any atom is 0.0222 e. The summed E-state index contributed by atoms with van der Waals surface area (Å²) >= 11 is 0. The SMILES string of the molecule is CCNC(CN(C)C)C1CCC(CC)CC1. The number of nitrogens with one attached hydrogen (secondary N) is 1. The first-order valence-corrected chi connectivity index (χ1v) is 7.05. The van der Waals surface area contributed by atoms with Gasteiger partial charge >= 0.3 is 0 Å². The zero-order chi connectivity index (χ0) is 12.0. The number of hydrogen-bond donors (Lipinski definition) is 1. The fraction of sp³-hybridized carbons (Fsp3) is 1.00. The molecule has 0 aromatic rings. The highest BCUT2D eigenvalue weighted by Crippen LogP contribution is 2.32. The van der Waals surface area contributed by atoms with Crippen molar-refractivity contribution in [3.63, 3.8) is 0 Å². The molecule has 1 rings (SSSR count). The summed E-state index contributed by atoms with van der Waals surface area (Å²) in [5.41, 5.74) is 0. The summed E-state index contributed by atoms with van der Waals surface area (Å²) < 4.78 is 0. The van der Waals surface area contributed by atoms with Crippen LogP contribution in [0.2, 0.25) is 0 Å². The largest absolute Gasteiger partial charge is 0.313 e. The van der Waals surface area contributed by atoms with Gasteiger partial charge in [0.1, 0.15) is 0 Å². The minimum absolute atomic E-state index is 0.706. The molecule has 16 heavy (non-hydrogen) atoms. The van der Waals surface area contributed by atoms with Crippen molar-refractivity contribution in [2.45, 2.75) is 52.0 Å². The smallest absolute Gasteiger partial charge is 0.0222 e. The Bertz CT molecular complexity index is 172. The second kappa shape index (κ2) is 7.29. The van der Waals surface area contributed by atoms with Gasteiger partial charge in [0.25, 0.3) is 0 Å². The first-order chi connectivity index (χ1) is 7.67. The number of rotatable bonds is 6. The molecule has 1 saturated carbocycles. The normalized spacial score (nSPS) is 28.3. The van der Waals surface area contributed by atoms with Crippen molar-refractivity contribution >= 4 is 0 Å². The van der Waals surface area contributed by atoms with Crippen molar-refractivity contribution in [1.82, 2.24) is 10.2 Å². The highest BCUT2D eigenvalue weighted by molar-refractivity contribution is 4.82. The van der Waals surface area contributed by atoms with Crippen molar-refractivity contribution in [3.05, 3.63) is 0 Å². The Hall–Kier alpha value is -0.0800. The Morgan fingerprint density at radius 2 is 1.75 bits per heavy atom. The van der Waals surface area contributed by atoms with E-state index in [-0.39, 0.29) is 0 Å². The Balaban J connectivity index is 2.39. The second-order valence-electron chi connectivity index (χ2n) is 5.62. The molecule has 0 saturated heterocycles. The molecule has 0 amide bonds.